The van der Waals surface area contributed by atoms with E-state index in [1.165, 1.54) is 7.11 Å². The molecule has 5 heteroatoms. The highest BCUT2D eigenvalue weighted by atomic mass is 16.5. The molecule has 0 saturated carbocycles. The summed E-state index contributed by atoms with van der Waals surface area (Å²) in [5.74, 6) is 0.103. The Morgan fingerprint density at radius 1 is 1.30 bits per heavy atom. The normalized spacial score (nSPS) is 12.8. The lowest BCUT2D eigenvalue weighted by atomic mass is 9.95. The van der Waals surface area contributed by atoms with Gasteiger partial charge in [-0.15, -0.1) is 0 Å². The first-order chi connectivity index (χ1) is 10.9. The van der Waals surface area contributed by atoms with Crippen LogP contribution in [-0.2, 0) is 14.3 Å². The SMILES string of the molecule is C\C=N/C(=C\C=C\c1ccc(N)cc1)OCC(C)(C)C(=O)OC. The third-order valence-corrected chi connectivity index (χ3v) is 3.04. The highest BCUT2D eigenvalue weighted by Gasteiger charge is 2.29. The van der Waals surface area contributed by atoms with Gasteiger partial charge in [-0.05, 0) is 38.5 Å². The van der Waals surface area contributed by atoms with Crippen LogP contribution in [0, 0.1) is 5.41 Å². The molecule has 0 aliphatic carbocycles. The number of anilines is 1. The fraction of sp³-hybridized carbons (Fsp3) is 0.333. The van der Waals surface area contributed by atoms with Crippen molar-refractivity contribution in [3.63, 3.8) is 0 Å². The maximum atomic E-state index is 11.6. The first kappa shape index (κ1) is 18.5. The quantitative estimate of drug-likeness (QED) is 0.275. The number of hydrogen-bond acceptors (Lipinski definition) is 5. The number of rotatable bonds is 7. The molecule has 0 aromatic heterocycles. The number of nitrogens with two attached hydrogens (primary N) is 1. The number of esters is 1. The van der Waals surface area contributed by atoms with Crippen LogP contribution in [0.25, 0.3) is 6.08 Å². The van der Waals surface area contributed by atoms with Crippen LogP contribution < -0.4 is 5.73 Å². The molecular formula is C18H24N2O3. The van der Waals surface area contributed by atoms with Gasteiger partial charge < -0.3 is 15.2 Å². The van der Waals surface area contributed by atoms with Crippen molar-refractivity contribution in [2.24, 2.45) is 10.4 Å². The largest absolute Gasteiger partial charge is 0.476 e. The molecule has 0 amide bonds. The average Bonchev–Trinajstić information content (AvgIpc) is 2.53. The Hall–Kier alpha value is -2.56. The van der Waals surface area contributed by atoms with E-state index in [0.717, 1.165) is 11.3 Å². The molecule has 0 saturated heterocycles. The lowest BCUT2D eigenvalue weighted by Crippen LogP contribution is -2.30. The molecule has 2 N–H and O–H groups in total. The Balaban J connectivity index is 2.74. The number of ether oxygens (including phenoxy) is 2. The van der Waals surface area contributed by atoms with Crippen molar-refractivity contribution in [1.29, 1.82) is 0 Å². The standard InChI is InChI=1S/C18H24N2O3/c1-5-20-16(23-13-18(2,3)17(21)22-4)8-6-7-14-9-11-15(19)12-10-14/h5-12H,13,19H2,1-4H3/b7-6+,16-8+,20-5-. The van der Waals surface area contributed by atoms with Crippen molar-refractivity contribution in [3.8, 4) is 0 Å². The van der Waals surface area contributed by atoms with Crippen molar-refractivity contribution in [1.82, 2.24) is 0 Å². The third kappa shape index (κ3) is 6.38. The molecule has 0 radical (unpaired) electrons. The van der Waals surface area contributed by atoms with Crippen LogP contribution >= 0.6 is 0 Å². The number of carbonyl (C=O) groups excluding carboxylic acids is 1. The minimum absolute atomic E-state index is 0.179. The van der Waals surface area contributed by atoms with E-state index >= 15 is 0 Å². The minimum Gasteiger partial charge on any atom is -0.476 e. The average molecular weight is 316 g/mol. The number of nitrogens with zero attached hydrogens (tertiary/aromatic N) is 1. The van der Waals surface area contributed by atoms with Crippen LogP contribution in [0.15, 0.2) is 47.3 Å². The summed E-state index contributed by atoms with van der Waals surface area (Å²) in [6.45, 7) is 5.50. The van der Waals surface area contributed by atoms with Crippen LogP contribution in [0.4, 0.5) is 5.69 Å². The highest BCUT2D eigenvalue weighted by molar-refractivity contribution is 5.75. The van der Waals surface area contributed by atoms with Crippen LogP contribution in [0.1, 0.15) is 26.3 Å². The van der Waals surface area contributed by atoms with E-state index in [1.807, 2.05) is 36.4 Å². The van der Waals surface area contributed by atoms with E-state index in [9.17, 15) is 4.79 Å². The predicted molar refractivity (Wildman–Crippen MR) is 93.9 cm³/mol. The molecule has 0 heterocycles. The molecule has 5 nitrogen and oxygen atoms in total. The third-order valence-electron chi connectivity index (χ3n) is 3.04. The zero-order valence-electron chi connectivity index (χ0n) is 14.1. The van der Waals surface area contributed by atoms with Crippen LogP contribution in [0.5, 0.6) is 0 Å². The van der Waals surface area contributed by atoms with E-state index in [1.54, 1.807) is 33.1 Å². The van der Waals surface area contributed by atoms with Gasteiger partial charge in [0.15, 0.2) is 0 Å². The second-order valence-electron chi connectivity index (χ2n) is 5.58. The van der Waals surface area contributed by atoms with Crippen molar-refractivity contribution in [2.75, 3.05) is 19.5 Å². The maximum absolute atomic E-state index is 11.6. The Kier molecular flexibility index (Phi) is 7.06. The summed E-state index contributed by atoms with van der Waals surface area (Å²) in [4.78, 5) is 15.8. The van der Waals surface area contributed by atoms with Crippen molar-refractivity contribution in [3.05, 3.63) is 47.9 Å². The first-order valence-corrected chi connectivity index (χ1v) is 7.33. The molecule has 0 bridgehead atoms. The molecule has 1 aromatic rings. The van der Waals surface area contributed by atoms with Gasteiger partial charge in [0, 0.05) is 18.0 Å². The van der Waals surface area contributed by atoms with Gasteiger partial charge in [-0.25, -0.2) is 4.99 Å². The fourth-order valence-corrected chi connectivity index (χ4v) is 1.69. The van der Waals surface area contributed by atoms with Crippen molar-refractivity contribution >= 4 is 23.9 Å². The monoisotopic (exact) mass is 316 g/mol. The predicted octanol–water partition coefficient (Wildman–Crippen LogP) is 3.43. The van der Waals surface area contributed by atoms with Crippen molar-refractivity contribution in [2.45, 2.75) is 20.8 Å². The number of allylic oxidation sites excluding steroid dienone is 2. The lowest BCUT2D eigenvalue weighted by molar-refractivity contribution is -0.153. The number of methoxy groups -OCH3 is 1. The molecular weight excluding hydrogens is 292 g/mol. The number of benzene rings is 1. The second-order valence-corrected chi connectivity index (χ2v) is 5.58. The summed E-state index contributed by atoms with van der Waals surface area (Å²) in [6.07, 6.45) is 7.12. The van der Waals surface area contributed by atoms with Gasteiger partial charge in [0.05, 0.1) is 12.5 Å². The molecule has 1 aromatic carbocycles. The van der Waals surface area contributed by atoms with E-state index in [-0.39, 0.29) is 12.6 Å². The van der Waals surface area contributed by atoms with Gasteiger partial charge in [-0.1, -0.05) is 24.3 Å². The zero-order valence-corrected chi connectivity index (χ0v) is 14.1. The van der Waals surface area contributed by atoms with E-state index in [2.05, 4.69) is 4.99 Å². The molecule has 23 heavy (non-hydrogen) atoms. The topological polar surface area (TPSA) is 73.9 Å². The Morgan fingerprint density at radius 3 is 2.52 bits per heavy atom. The van der Waals surface area contributed by atoms with E-state index < -0.39 is 5.41 Å². The molecule has 1 rings (SSSR count). The summed E-state index contributed by atoms with van der Waals surface area (Å²) in [7, 11) is 1.36. The number of aliphatic imine (C=N–C) groups is 1. The van der Waals surface area contributed by atoms with Gasteiger partial charge in [0.2, 0.25) is 5.88 Å². The summed E-state index contributed by atoms with van der Waals surface area (Å²) in [6, 6.07) is 7.51. The maximum Gasteiger partial charge on any atom is 0.314 e. The van der Waals surface area contributed by atoms with Crippen LogP contribution in [0.2, 0.25) is 0 Å². The summed E-state index contributed by atoms with van der Waals surface area (Å²) < 4.78 is 10.4. The summed E-state index contributed by atoms with van der Waals surface area (Å²) >= 11 is 0. The molecule has 0 fully saturated rings. The van der Waals surface area contributed by atoms with Gasteiger partial charge in [-0.2, -0.15) is 0 Å². The molecule has 0 unspecified atom stereocenters. The molecule has 124 valence electrons. The number of hydrogen-bond donors (Lipinski definition) is 1. The van der Waals surface area contributed by atoms with Gasteiger partial charge in [0.1, 0.15) is 6.61 Å². The number of carbonyl (C=O) groups is 1. The Bertz CT molecular complexity index is 599. The summed E-state index contributed by atoms with van der Waals surface area (Å²) in [5, 5.41) is 0. The molecule has 0 spiro atoms. The zero-order chi connectivity index (χ0) is 17.3. The Labute approximate surface area is 137 Å². The highest BCUT2D eigenvalue weighted by Crippen LogP contribution is 2.19. The lowest BCUT2D eigenvalue weighted by Gasteiger charge is -2.21. The Morgan fingerprint density at radius 2 is 1.96 bits per heavy atom. The van der Waals surface area contributed by atoms with Gasteiger partial charge >= 0.3 is 5.97 Å². The van der Waals surface area contributed by atoms with E-state index in [0.29, 0.717) is 5.88 Å². The fourth-order valence-electron chi connectivity index (χ4n) is 1.69. The summed E-state index contributed by atoms with van der Waals surface area (Å²) in [5.41, 5.74) is 6.65. The van der Waals surface area contributed by atoms with Crippen LogP contribution in [0.3, 0.4) is 0 Å². The molecule has 0 atom stereocenters. The molecule has 0 aliphatic heterocycles. The number of nitrogen functional groups attached to an aromatic ring is 1. The van der Waals surface area contributed by atoms with Crippen molar-refractivity contribution < 1.29 is 14.3 Å². The second kappa shape index (κ2) is 8.78. The van der Waals surface area contributed by atoms with Gasteiger partial charge in [-0.3, -0.25) is 4.79 Å². The smallest absolute Gasteiger partial charge is 0.314 e. The van der Waals surface area contributed by atoms with Crippen LogP contribution in [-0.4, -0.2) is 25.9 Å². The van der Waals surface area contributed by atoms with Gasteiger partial charge in [0.25, 0.3) is 0 Å². The van der Waals surface area contributed by atoms with E-state index in [4.69, 9.17) is 15.2 Å². The first-order valence-electron chi connectivity index (χ1n) is 7.33. The minimum atomic E-state index is -0.738. The molecule has 0 aliphatic rings.